The van der Waals surface area contributed by atoms with Crippen molar-refractivity contribution < 1.29 is 18.3 Å². The molecule has 8 nitrogen and oxygen atoms in total. The van der Waals surface area contributed by atoms with Gasteiger partial charge in [-0.2, -0.15) is 4.31 Å². The second-order valence-electron chi connectivity index (χ2n) is 9.82. The maximum atomic E-state index is 13.0. The van der Waals surface area contributed by atoms with Gasteiger partial charge in [-0.3, -0.25) is 4.90 Å². The number of aliphatic hydroxyl groups is 1. The highest BCUT2D eigenvalue weighted by molar-refractivity contribution is 7.89. The molecule has 2 saturated heterocycles. The van der Waals surface area contributed by atoms with Crippen LogP contribution in [0, 0.1) is 0 Å². The topological polar surface area (TPSA) is 84.4 Å². The lowest BCUT2D eigenvalue weighted by molar-refractivity contribution is 0.0812. The van der Waals surface area contributed by atoms with E-state index in [0.29, 0.717) is 50.7 Å². The fourth-order valence-electron chi connectivity index (χ4n) is 5.37. The molecule has 35 heavy (non-hydrogen) atoms. The van der Waals surface area contributed by atoms with Gasteiger partial charge in [-0.1, -0.05) is 36.4 Å². The molecule has 1 N–H and O–H groups in total. The van der Waals surface area contributed by atoms with Crippen LogP contribution in [0.25, 0.3) is 0 Å². The maximum Gasteiger partial charge on any atom is 0.320 e. The number of rotatable bonds is 8. The van der Waals surface area contributed by atoms with Crippen LogP contribution in [0.3, 0.4) is 0 Å². The molecule has 9 heteroatoms. The molecule has 0 bridgehead atoms. The lowest BCUT2D eigenvalue weighted by Crippen LogP contribution is -2.43. The Morgan fingerprint density at radius 1 is 0.857 bits per heavy atom. The van der Waals surface area contributed by atoms with Crippen LogP contribution in [0.5, 0.6) is 0 Å². The number of sulfonamides is 1. The predicted molar refractivity (Wildman–Crippen MR) is 133 cm³/mol. The minimum absolute atomic E-state index is 0.110. The van der Waals surface area contributed by atoms with Crippen LogP contribution >= 0.6 is 0 Å². The van der Waals surface area contributed by atoms with Crippen molar-refractivity contribution in [1.29, 1.82) is 0 Å². The van der Waals surface area contributed by atoms with Crippen LogP contribution in [0.1, 0.15) is 29.5 Å². The molecule has 0 aliphatic carbocycles. The van der Waals surface area contributed by atoms with Gasteiger partial charge in [-0.15, -0.1) is 0 Å². The summed E-state index contributed by atoms with van der Waals surface area (Å²) in [5.74, 6) is 0. The van der Waals surface area contributed by atoms with Crippen LogP contribution in [0.2, 0.25) is 0 Å². The zero-order valence-corrected chi connectivity index (χ0v) is 20.9. The number of nitrogens with zero attached hydrogens (tertiary/aromatic N) is 4. The van der Waals surface area contributed by atoms with Gasteiger partial charge in [0.1, 0.15) is 0 Å². The van der Waals surface area contributed by atoms with Crippen molar-refractivity contribution >= 4 is 16.1 Å². The van der Waals surface area contributed by atoms with Gasteiger partial charge in [0.2, 0.25) is 10.0 Å². The summed E-state index contributed by atoms with van der Waals surface area (Å²) in [4.78, 5) is 19.0. The number of β-amino-alcohol motifs (C(OH)–C–C–N with tert-alkyl or cyclic N) is 1. The molecule has 0 unspecified atom stereocenters. The van der Waals surface area contributed by atoms with E-state index >= 15 is 0 Å². The summed E-state index contributed by atoms with van der Waals surface area (Å²) in [6.07, 6.45) is 2.16. The van der Waals surface area contributed by atoms with Crippen LogP contribution in [-0.4, -0.2) is 90.5 Å². The molecule has 0 radical (unpaired) electrons. The molecule has 1 atom stereocenters. The van der Waals surface area contributed by atoms with Gasteiger partial charge in [0.15, 0.2) is 0 Å². The third-order valence-electron chi connectivity index (χ3n) is 7.27. The first-order valence-electron chi connectivity index (χ1n) is 12.5. The van der Waals surface area contributed by atoms with E-state index in [0.717, 1.165) is 37.9 Å². The maximum absolute atomic E-state index is 13.0. The highest BCUT2D eigenvalue weighted by Crippen LogP contribution is 2.23. The number of carbonyl (C=O) groups is 1. The normalized spacial score (nSPS) is 20.4. The highest BCUT2D eigenvalue weighted by atomic mass is 32.2. The Labute approximate surface area is 207 Å². The molecular formula is C26H34N4O4S. The smallest absolute Gasteiger partial charge is 0.320 e. The Morgan fingerprint density at radius 2 is 1.60 bits per heavy atom. The average Bonchev–Trinajstić information content (AvgIpc) is 3.51. The molecule has 3 aliphatic heterocycles. The number of amides is 2. The van der Waals surface area contributed by atoms with Gasteiger partial charge in [0, 0.05) is 58.9 Å². The van der Waals surface area contributed by atoms with Gasteiger partial charge in [0.25, 0.3) is 0 Å². The Balaban J connectivity index is 1.15. The summed E-state index contributed by atoms with van der Waals surface area (Å²) >= 11 is 0. The van der Waals surface area contributed by atoms with Gasteiger partial charge >= 0.3 is 6.03 Å². The van der Waals surface area contributed by atoms with E-state index in [2.05, 4.69) is 23.1 Å². The van der Waals surface area contributed by atoms with Gasteiger partial charge in [-0.25, -0.2) is 13.2 Å². The Morgan fingerprint density at radius 3 is 2.40 bits per heavy atom. The second kappa shape index (κ2) is 10.3. The number of hydrogen-bond acceptors (Lipinski definition) is 5. The number of fused-ring (bicyclic) bond motifs is 1. The Kier molecular flexibility index (Phi) is 7.11. The van der Waals surface area contributed by atoms with Crippen molar-refractivity contribution in [3.63, 3.8) is 0 Å². The number of aliphatic hydroxyl groups excluding tert-OH is 1. The standard InChI is InChI=1S/C26H34N4O4S/c31-24(19-27-13-10-22-7-1-2-8-23(22)18-27)20-29-15-14-28(26(29)32)17-21-6-5-9-25(16-21)35(33,34)30-11-3-4-12-30/h1-2,5-9,16,24,31H,3-4,10-15,17-20H2/t24-/m1/s1. The van der Waals surface area contributed by atoms with Crippen molar-refractivity contribution in [2.75, 3.05) is 45.8 Å². The van der Waals surface area contributed by atoms with Crippen molar-refractivity contribution in [2.24, 2.45) is 0 Å². The lowest BCUT2D eigenvalue weighted by atomic mass is 10.00. The van der Waals surface area contributed by atoms with Gasteiger partial charge in [0.05, 0.1) is 11.0 Å². The number of carbonyl (C=O) groups excluding carboxylic acids is 1. The average molecular weight is 499 g/mol. The monoisotopic (exact) mass is 498 g/mol. The molecule has 3 aliphatic rings. The summed E-state index contributed by atoms with van der Waals surface area (Å²) in [6, 6.07) is 15.2. The Hall–Kier alpha value is -2.46. The van der Waals surface area contributed by atoms with Crippen LogP contribution in [-0.2, 0) is 29.5 Å². The van der Waals surface area contributed by atoms with E-state index in [9.17, 15) is 18.3 Å². The van der Waals surface area contributed by atoms with E-state index in [1.54, 1.807) is 28.0 Å². The molecule has 5 rings (SSSR count). The van der Waals surface area contributed by atoms with Crippen LogP contribution in [0.15, 0.2) is 53.4 Å². The molecule has 2 aromatic carbocycles. The number of benzene rings is 2. The third kappa shape index (κ3) is 5.38. The molecule has 2 amide bonds. The Bertz CT molecular complexity index is 1170. The minimum atomic E-state index is -3.49. The molecule has 188 valence electrons. The fraction of sp³-hybridized carbons (Fsp3) is 0.500. The van der Waals surface area contributed by atoms with Crippen molar-refractivity contribution in [3.8, 4) is 0 Å². The quantitative estimate of drug-likeness (QED) is 0.603. The largest absolute Gasteiger partial charge is 0.390 e. The van der Waals surface area contributed by atoms with E-state index in [-0.39, 0.29) is 6.03 Å². The summed E-state index contributed by atoms with van der Waals surface area (Å²) in [6.45, 7) is 5.19. The second-order valence-corrected chi connectivity index (χ2v) is 11.8. The molecule has 0 aromatic heterocycles. The molecule has 3 heterocycles. The molecule has 2 fully saturated rings. The summed E-state index contributed by atoms with van der Waals surface area (Å²) < 4.78 is 27.3. The van der Waals surface area contributed by atoms with Gasteiger partial charge in [-0.05, 0) is 48.1 Å². The first-order valence-corrected chi connectivity index (χ1v) is 13.9. The highest BCUT2D eigenvalue weighted by Gasteiger charge is 2.31. The van der Waals surface area contributed by atoms with Crippen molar-refractivity contribution in [3.05, 3.63) is 65.2 Å². The predicted octanol–water partition coefficient (Wildman–Crippen LogP) is 2.13. The SMILES string of the molecule is O=C1N(Cc2cccc(S(=O)(=O)N3CCCC3)c2)CCN1C[C@H](O)CN1CCc2ccccc2C1. The summed E-state index contributed by atoms with van der Waals surface area (Å²) in [5.41, 5.74) is 3.48. The lowest BCUT2D eigenvalue weighted by Gasteiger charge is -2.31. The van der Waals surface area contributed by atoms with Crippen LogP contribution < -0.4 is 0 Å². The molecule has 0 saturated carbocycles. The van der Waals surface area contributed by atoms with E-state index in [4.69, 9.17) is 0 Å². The third-order valence-corrected chi connectivity index (χ3v) is 9.16. The summed E-state index contributed by atoms with van der Waals surface area (Å²) in [7, 11) is -3.49. The number of hydrogen-bond donors (Lipinski definition) is 1. The molecule has 2 aromatic rings. The zero-order chi connectivity index (χ0) is 24.4. The number of urea groups is 1. The van der Waals surface area contributed by atoms with Crippen molar-refractivity contribution in [2.45, 2.75) is 43.4 Å². The van der Waals surface area contributed by atoms with Gasteiger partial charge < -0.3 is 14.9 Å². The molecule has 0 spiro atoms. The minimum Gasteiger partial charge on any atom is -0.390 e. The first-order chi connectivity index (χ1) is 16.9. The first kappa shape index (κ1) is 24.2. The zero-order valence-electron chi connectivity index (χ0n) is 20.1. The fourth-order valence-corrected chi connectivity index (χ4v) is 6.96. The van der Waals surface area contributed by atoms with E-state index < -0.39 is 16.1 Å². The van der Waals surface area contributed by atoms with Crippen molar-refractivity contribution in [1.82, 2.24) is 19.0 Å². The summed E-state index contributed by atoms with van der Waals surface area (Å²) in [5, 5.41) is 10.7. The van der Waals surface area contributed by atoms with E-state index in [1.807, 2.05) is 12.1 Å². The molecular weight excluding hydrogens is 464 g/mol. The van der Waals surface area contributed by atoms with Crippen LogP contribution in [0.4, 0.5) is 4.79 Å². The van der Waals surface area contributed by atoms with E-state index in [1.165, 1.54) is 15.4 Å².